The minimum atomic E-state index is -0.700. The van der Waals surface area contributed by atoms with Gasteiger partial charge in [0.15, 0.2) is 0 Å². The normalized spacial score (nSPS) is 11.4. The number of carbonyl (C=O) groups excluding carboxylic acids is 1. The molecule has 1 N–H and O–H groups in total. The van der Waals surface area contributed by atoms with E-state index in [-0.39, 0.29) is 22.8 Å². The van der Waals surface area contributed by atoms with Crippen molar-refractivity contribution in [1.29, 1.82) is 0 Å². The van der Waals surface area contributed by atoms with Crippen LogP contribution in [-0.4, -0.2) is 28.5 Å². The average molecular weight is 239 g/mol. The molecule has 0 aromatic heterocycles. The number of halogens is 1. The van der Waals surface area contributed by atoms with Gasteiger partial charge in [-0.3, -0.25) is 4.79 Å². The lowest BCUT2D eigenvalue weighted by atomic mass is 9.99. The van der Waals surface area contributed by atoms with Gasteiger partial charge in [-0.05, 0) is 32.4 Å². The van der Waals surface area contributed by atoms with E-state index in [1.807, 2.05) is 20.8 Å². The molecule has 0 aliphatic carbocycles. The first-order valence-electron chi connectivity index (χ1n) is 5.56. The van der Waals surface area contributed by atoms with Gasteiger partial charge in [0.2, 0.25) is 0 Å². The highest BCUT2D eigenvalue weighted by Crippen LogP contribution is 2.22. The SMILES string of the molecule is CCC(C)(C)N(C)C(=O)c1ccc(O)cc1F. The molecule has 1 aromatic rings. The zero-order valence-corrected chi connectivity index (χ0v) is 10.6. The smallest absolute Gasteiger partial charge is 0.257 e. The maximum Gasteiger partial charge on any atom is 0.257 e. The van der Waals surface area contributed by atoms with E-state index in [1.54, 1.807) is 7.05 Å². The Kier molecular flexibility index (Phi) is 3.76. The van der Waals surface area contributed by atoms with Crippen molar-refractivity contribution in [3.8, 4) is 5.75 Å². The second kappa shape index (κ2) is 4.73. The summed E-state index contributed by atoms with van der Waals surface area (Å²) in [6.07, 6.45) is 0.773. The summed E-state index contributed by atoms with van der Waals surface area (Å²) in [6, 6.07) is 3.55. The van der Waals surface area contributed by atoms with Gasteiger partial charge in [0.1, 0.15) is 11.6 Å². The van der Waals surface area contributed by atoms with Gasteiger partial charge in [-0.2, -0.15) is 0 Å². The molecule has 17 heavy (non-hydrogen) atoms. The Labute approximate surface area is 101 Å². The Hall–Kier alpha value is -1.58. The first-order chi connectivity index (χ1) is 7.79. The Bertz CT molecular complexity index is 429. The van der Waals surface area contributed by atoms with Crippen LogP contribution in [0, 0.1) is 5.82 Å². The molecule has 94 valence electrons. The number of hydrogen-bond acceptors (Lipinski definition) is 2. The molecule has 0 bridgehead atoms. The van der Waals surface area contributed by atoms with Gasteiger partial charge in [-0.1, -0.05) is 6.92 Å². The van der Waals surface area contributed by atoms with Gasteiger partial charge in [0.25, 0.3) is 5.91 Å². The summed E-state index contributed by atoms with van der Waals surface area (Å²) in [7, 11) is 1.65. The summed E-state index contributed by atoms with van der Waals surface area (Å²) < 4.78 is 13.5. The lowest BCUT2D eigenvalue weighted by molar-refractivity contribution is 0.0615. The molecule has 1 rings (SSSR count). The number of phenolic OH excluding ortho intramolecular Hbond substituents is 1. The molecule has 0 fully saturated rings. The summed E-state index contributed by atoms with van der Waals surface area (Å²) in [5, 5.41) is 9.10. The minimum Gasteiger partial charge on any atom is -0.508 e. The zero-order chi connectivity index (χ0) is 13.2. The third-order valence-corrected chi connectivity index (χ3v) is 3.26. The number of rotatable bonds is 3. The van der Waals surface area contributed by atoms with Crippen molar-refractivity contribution >= 4 is 5.91 Å². The van der Waals surface area contributed by atoms with E-state index in [0.29, 0.717) is 0 Å². The number of hydrogen-bond donors (Lipinski definition) is 1. The maximum absolute atomic E-state index is 13.5. The van der Waals surface area contributed by atoms with Crippen molar-refractivity contribution < 1.29 is 14.3 Å². The van der Waals surface area contributed by atoms with Crippen LogP contribution < -0.4 is 0 Å². The Morgan fingerprint density at radius 3 is 2.53 bits per heavy atom. The number of aromatic hydroxyl groups is 1. The van der Waals surface area contributed by atoms with Gasteiger partial charge < -0.3 is 10.0 Å². The van der Waals surface area contributed by atoms with Crippen LogP contribution in [0.2, 0.25) is 0 Å². The van der Waals surface area contributed by atoms with Gasteiger partial charge in [0.05, 0.1) is 5.56 Å². The molecule has 0 aliphatic rings. The molecule has 0 atom stereocenters. The topological polar surface area (TPSA) is 40.5 Å². The summed E-state index contributed by atoms with van der Waals surface area (Å²) >= 11 is 0. The molecule has 3 nitrogen and oxygen atoms in total. The quantitative estimate of drug-likeness (QED) is 0.881. The number of phenols is 1. The number of carbonyl (C=O) groups is 1. The van der Waals surface area contributed by atoms with Crippen molar-refractivity contribution in [3.05, 3.63) is 29.6 Å². The molecule has 1 aromatic carbocycles. The fourth-order valence-electron chi connectivity index (χ4n) is 1.37. The highest BCUT2D eigenvalue weighted by molar-refractivity contribution is 5.94. The highest BCUT2D eigenvalue weighted by atomic mass is 19.1. The molecule has 0 aliphatic heterocycles. The Balaban J connectivity index is 3.05. The predicted octanol–water partition coefficient (Wildman–Crippen LogP) is 2.79. The fraction of sp³-hybridized carbons (Fsp3) is 0.462. The third-order valence-electron chi connectivity index (χ3n) is 3.26. The number of nitrogens with zero attached hydrogens (tertiary/aromatic N) is 1. The van der Waals surface area contributed by atoms with Crippen molar-refractivity contribution in [2.75, 3.05) is 7.05 Å². The summed E-state index contributed by atoms with van der Waals surface area (Å²) in [5.41, 5.74) is -0.353. The predicted molar refractivity (Wildman–Crippen MR) is 64.5 cm³/mol. The van der Waals surface area contributed by atoms with E-state index in [1.165, 1.54) is 17.0 Å². The van der Waals surface area contributed by atoms with E-state index in [0.717, 1.165) is 12.5 Å². The van der Waals surface area contributed by atoms with E-state index < -0.39 is 5.82 Å². The van der Waals surface area contributed by atoms with Crippen molar-refractivity contribution in [3.63, 3.8) is 0 Å². The molecule has 0 heterocycles. The zero-order valence-electron chi connectivity index (χ0n) is 10.6. The molecule has 1 amide bonds. The van der Waals surface area contributed by atoms with Gasteiger partial charge in [-0.15, -0.1) is 0 Å². The van der Waals surface area contributed by atoms with E-state index >= 15 is 0 Å². The first kappa shape index (κ1) is 13.5. The van der Waals surface area contributed by atoms with Crippen LogP contribution in [0.3, 0.4) is 0 Å². The minimum absolute atomic E-state index is 0.0215. The molecule has 0 unspecified atom stereocenters. The van der Waals surface area contributed by atoms with Gasteiger partial charge in [0, 0.05) is 18.7 Å². The van der Waals surface area contributed by atoms with E-state index in [4.69, 9.17) is 5.11 Å². The van der Waals surface area contributed by atoms with E-state index in [9.17, 15) is 9.18 Å². The third kappa shape index (κ3) is 2.75. The van der Waals surface area contributed by atoms with Crippen LogP contribution in [0.1, 0.15) is 37.6 Å². The monoisotopic (exact) mass is 239 g/mol. The second-order valence-corrected chi connectivity index (χ2v) is 4.69. The standard InChI is InChI=1S/C13H18FNO2/c1-5-13(2,3)15(4)12(17)10-7-6-9(16)8-11(10)14/h6-8,16H,5H2,1-4H3. The van der Waals surface area contributed by atoms with Crippen molar-refractivity contribution in [2.24, 2.45) is 0 Å². The fourth-order valence-corrected chi connectivity index (χ4v) is 1.37. The van der Waals surface area contributed by atoms with Crippen LogP contribution in [0.4, 0.5) is 4.39 Å². The molecule has 4 heteroatoms. The number of amides is 1. The molecule has 0 radical (unpaired) electrons. The first-order valence-corrected chi connectivity index (χ1v) is 5.56. The van der Waals surface area contributed by atoms with Crippen molar-refractivity contribution in [1.82, 2.24) is 4.90 Å². The van der Waals surface area contributed by atoms with Gasteiger partial charge in [-0.25, -0.2) is 4.39 Å². The lowest BCUT2D eigenvalue weighted by Crippen LogP contribution is -2.44. The Morgan fingerprint density at radius 2 is 2.06 bits per heavy atom. The van der Waals surface area contributed by atoms with Crippen LogP contribution in [0.15, 0.2) is 18.2 Å². The van der Waals surface area contributed by atoms with Crippen LogP contribution in [0.25, 0.3) is 0 Å². The van der Waals surface area contributed by atoms with Crippen LogP contribution in [0.5, 0.6) is 5.75 Å². The molecular weight excluding hydrogens is 221 g/mol. The highest BCUT2D eigenvalue weighted by Gasteiger charge is 2.27. The van der Waals surface area contributed by atoms with Crippen LogP contribution in [-0.2, 0) is 0 Å². The van der Waals surface area contributed by atoms with Gasteiger partial charge >= 0.3 is 0 Å². The molecule has 0 spiro atoms. The summed E-state index contributed by atoms with van der Waals surface area (Å²) in [4.78, 5) is 13.6. The summed E-state index contributed by atoms with van der Waals surface area (Å²) in [5.74, 6) is -1.26. The van der Waals surface area contributed by atoms with E-state index in [2.05, 4.69) is 0 Å². The molecule has 0 saturated carbocycles. The number of benzene rings is 1. The molecule has 0 saturated heterocycles. The second-order valence-electron chi connectivity index (χ2n) is 4.69. The Morgan fingerprint density at radius 1 is 1.47 bits per heavy atom. The summed E-state index contributed by atoms with van der Waals surface area (Å²) in [6.45, 7) is 5.81. The average Bonchev–Trinajstić information content (AvgIpc) is 2.27. The lowest BCUT2D eigenvalue weighted by Gasteiger charge is -2.35. The van der Waals surface area contributed by atoms with Crippen LogP contribution >= 0.6 is 0 Å². The maximum atomic E-state index is 13.5. The molecular formula is C13H18FNO2. The van der Waals surface area contributed by atoms with Crippen molar-refractivity contribution in [2.45, 2.75) is 32.7 Å². The largest absolute Gasteiger partial charge is 0.508 e.